The first-order valence-electron chi connectivity index (χ1n) is 5.30. The molecule has 0 aliphatic carbocycles. The fourth-order valence-corrected chi connectivity index (χ4v) is 3.21. The summed E-state index contributed by atoms with van der Waals surface area (Å²) in [7, 11) is 2.01. The normalized spacial score (nSPS) is 10.4. The SMILES string of the molecule is CN(Cc1ccc(Cl)s1)c1ccc(C=O)c(Br)c1. The smallest absolute Gasteiger partial charge is 0.151 e. The van der Waals surface area contributed by atoms with Crippen LogP contribution in [0.1, 0.15) is 15.2 Å². The summed E-state index contributed by atoms with van der Waals surface area (Å²) in [5.41, 5.74) is 1.71. The van der Waals surface area contributed by atoms with Gasteiger partial charge in [-0.1, -0.05) is 11.6 Å². The Morgan fingerprint density at radius 3 is 2.72 bits per heavy atom. The quantitative estimate of drug-likeness (QED) is 0.755. The van der Waals surface area contributed by atoms with Crippen molar-refractivity contribution < 1.29 is 4.79 Å². The molecule has 2 rings (SSSR count). The number of aldehydes is 1. The maximum Gasteiger partial charge on any atom is 0.151 e. The van der Waals surface area contributed by atoms with Gasteiger partial charge in [-0.15, -0.1) is 11.3 Å². The lowest BCUT2D eigenvalue weighted by Crippen LogP contribution is -2.15. The molecule has 5 heteroatoms. The maximum absolute atomic E-state index is 10.7. The first-order chi connectivity index (χ1) is 8.60. The summed E-state index contributed by atoms with van der Waals surface area (Å²) in [4.78, 5) is 14.1. The van der Waals surface area contributed by atoms with Crippen molar-refractivity contribution in [2.24, 2.45) is 0 Å². The fourth-order valence-electron chi connectivity index (χ4n) is 1.61. The predicted octanol–water partition coefficient (Wildman–Crippen LogP) is 4.61. The molecule has 0 fully saturated rings. The Balaban J connectivity index is 2.16. The minimum atomic E-state index is 0.659. The second-order valence-electron chi connectivity index (χ2n) is 3.89. The molecule has 0 bridgehead atoms. The molecular formula is C13H11BrClNOS. The zero-order valence-corrected chi connectivity index (χ0v) is 12.8. The Hall–Kier alpha value is -0.840. The molecule has 0 saturated heterocycles. The number of nitrogens with zero attached hydrogens (tertiary/aromatic N) is 1. The van der Waals surface area contributed by atoms with Crippen molar-refractivity contribution in [1.82, 2.24) is 0 Å². The van der Waals surface area contributed by atoms with Crippen molar-refractivity contribution in [2.75, 3.05) is 11.9 Å². The van der Waals surface area contributed by atoms with Gasteiger partial charge in [0, 0.05) is 27.6 Å². The topological polar surface area (TPSA) is 20.3 Å². The summed E-state index contributed by atoms with van der Waals surface area (Å²) in [6.07, 6.45) is 0.840. The zero-order valence-electron chi connectivity index (χ0n) is 9.69. The molecule has 1 aromatic carbocycles. The van der Waals surface area contributed by atoms with Crippen molar-refractivity contribution in [3.63, 3.8) is 0 Å². The molecule has 2 nitrogen and oxygen atoms in total. The highest BCUT2D eigenvalue weighted by Crippen LogP contribution is 2.26. The van der Waals surface area contributed by atoms with Crippen LogP contribution in [-0.2, 0) is 6.54 Å². The van der Waals surface area contributed by atoms with Crippen LogP contribution in [0.2, 0.25) is 4.34 Å². The zero-order chi connectivity index (χ0) is 13.1. The van der Waals surface area contributed by atoms with Gasteiger partial charge < -0.3 is 4.90 Å². The number of hydrogen-bond donors (Lipinski definition) is 0. The third-order valence-electron chi connectivity index (χ3n) is 2.57. The Morgan fingerprint density at radius 2 is 2.17 bits per heavy atom. The van der Waals surface area contributed by atoms with E-state index in [2.05, 4.69) is 20.8 Å². The highest BCUT2D eigenvalue weighted by Gasteiger charge is 2.07. The second-order valence-corrected chi connectivity index (χ2v) is 6.54. The molecule has 1 heterocycles. The van der Waals surface area contributed by atoms with E-state index in [-0.39, 0.29) is 0 Å². The molecule has 0 N–H and O–H groups in total. The molecule has 0 saturated carbocycles. The van der Waals surface area contributed by atoms with Gasteiger partial charge in [0.2, 0.25) is 0 Å². The Bertz CT molecular complexity index is 570. The highest BCUT2D eigenvalue weighted by molar-refractivity contribution is 9.10. The molecule has 1 aromatic heterocycles. The molecule has 0 aliphatic heterocycles. The van der Waals surface area contributed by atoms with Crippen LogP contribution in [0.5, 0.6) is 0 Å². The number of anilines is 1. The first-order valence-corrected chi connectivity index (χ1v) is 7.29. The van der Waals surface area contributed by atoms with Crippen LogP contribution in [-0.4, -0.2) is 13.3 Å². The summed E-state index contributed by atoms with van der Waals surface area (Å²) in [5.74, 6) is 0. The van der Waals surface area contributed by atoms with Gasteiger partial charge in [-0.05, 0) is 46.3 Å². The molecule has 0 unspecified atom stereocenters. The Morgan fingerprint density at radius 1 is 1.39 bits per heavy atom. The molecule has 0 radical (unpaired) electrons. The lowest BCUT2D eigenvalue weighted by atomic mass is 10.2. The van der Waals surface area contributed by atoms with E-state index < -0.39 is 0 Å². The molecular weight excluding hydrogens is 334 g/mol. The molecule has 0 atom stereocenters. The predicted molar refractivity (Wildman–Crippen MR) is 81.0 cm³/mol. The van der Waals surface area contributed by atoms with E-state index in [0.29, 0.717) is 5.56 Å². The molecule has 0 amide bonds. The van der Waals surface area contributed by atoms with E-state index in [1.807, 2.05) is 37.4 Å². The van der Waals surface area contributed by atoms with Crippen LogP contribution < -0.4 is 4.90 Å². The van der Waals surface area contributed by atoms with Gasteiger partial charge in [-0.3, -0.25) is 4.79 Å². The van der Waals surface area contributed by atoms with E-state index in [4.69, 9.17) is 11.6 Å². The summed E-state index contributed by atoms with van der Waals surface area (Å²) >= 11 is 10.9. The average molecular weight is 345 g/mol. The monoisotopic (exact) mass is 343 g/mol. The molecule has 94 valence electrons. The van der Waals surface area contributed by atoms with E-state index in [1.54, 1.807) is 11.3 Å². The van der Waals surface area contributed by atoms with E-state index in [0.717, 1.165) is 27.3 Å². The van der Waals surface area contributed by atoms with Crippen LogP contribution in [0, 0.1) is 0 Å². The van der Waals surface area contributed by atoms with E-state index >= 15 is 0 Å². The lowest BCUT2D eigenvalue weighted by molar-refractivity contribution is 0.112. The number of halogens is 2. The fraction of sp³-hybridized carbons (Fsp3) is 0.154. The van der Waals surface area contributed by atoms with Gasteiger partial charge in [0.1, 0.15) is 0 Å². The average Bonchev–Trinajstić information content (AvgIpc) is 2.74. The summed E-state index contributed by atoms with van der Waals surface area (Å²) in [6.45, 7) is 0.796. The second kappa shape index (κ2) is 5.87. The minimum absolute atomic E-state index is 0.659. The third-order valence-corrected chi connectivity index (χ3v) is 4.48. The van der Waals surface area contributed by atoms with Crippen molar-refractivity contribution in [2.45, 2.75) is 6.54 Å². The van der Waals surface area contributed by atoms with E-state index in [9.17, 15) is 4.79 Å². The Labute approximate surface area is 123 Å². The maximum atomic E-state index is 10.7. The highest BCUT2D eigenvalue weighted by atomic mass is 79.9. The number of carbonyl (C=O) groups is 1. The van der Waals surface area contributed by atoms with Gasteiger partial charge >= 0.3 is 0 Å². The third kappa shape index (κ3) is 3.13. The summed E-state index contributed by atoms with van der Waals surface area (Å²) < 4.78 is 1.61. The van der Waals surface area contributed by atoms with Crippen LogP contribution >= 0.6 is 38.9 Å². The number of benzene rings is 1. The molecule has 2 aromatic rings. The number of thiophene rings is 1. The molecule has 0 aliphatic rings. The van der Waals surface area contributed by atoms with Gasteiger partial charge in [0.25, 0.3) is 0 Å². The molecule has 18 heavy (non-hydrogen) atoms. The molecule has 0 spiro atoms. The summed E-state index contributed by atoms with van der Waals surface area (Å²) in [5, 5.41) is 0. The van der Waals surface area contributed by atoms with Gasteiger partial charge in [-0.2, -0.15) is 0 Å². The number of carbonyl (C=O) groups excluding carboxylic acids is 1. The number of rotatable bonds is 4. The van der Waals surface area contributed by atoms with E-state index in [1.165, 1.54) is 4.88 Å². The van der Waals surface area contributed by atoms with Gasteiger partial charge in [0.05, 0.1) is 10.9 Å². The van der Waals surface area contributed by atoms with Gasteiger partial charge in [0.15, 0.2) is 6.29 Å². The minimum Gasteiger partial charge on any atom is -0.369 e. The van der Waals surface area contributed by atoms with Crippen LogP contribution in [0.25, 0.3) is 0 Å². The van der Waals surface area contributed by atoms with Crippen LogP contribution in [0.3, 0.4) is 0 Å². The standard InChI is InChI=1S/C13H11BrClNOS/c1-16(7-11-4-5-13(15)18-11)10-3-2-9(8-17)12(14)6-10/h2-6,8H,7H2,1H3. The van der Waals surface area contributed by atoms with Crippen molar-refractivity contribution >= 4 is 50.8 Å². The summed E-state index contributed by atoms with van der Waals surface area (Å²) in [6, 6.07) is 9.62. The van der Waals surface area contributed by atoms with Crippen molar-refractivity contribution in [1.29, 1.82) is 0 Å². The Kier molecular flexibility index (Phi) is 4.43. The lowest BCUT2D eigenvalue weighted by Gasteiger charge is -2.19. The van der Waals surface area contributed by atoms with Crippen LogP contribution in [0.15, 0.2) is 34.8 Å². The van der Waals surface area contributed by atoms with Crippen molar-refractivity contribution in [3.05, 3.63) is 49.6 Å². The van der Waals surface area contributed by atoms with Gasteiger partial charge in [-0.25, -0.2) is 0 Å². The largest absolute Gasteiger partial charge is 0.369 e. The first kappa shape index (κ1) is 13.6. The van der Waals surface area contributed by atoms with Crippen LogP contribution in [0.4, 0.5) is 5.69 Å². The number of hydrogen-bond acceptors (Lipinski definition) is 3. The van der Waals surface area contributed by atoms with Crippen molar-refractivity contribution in [3.8, 4) is 0 Å².